The van der Waals surface area contributed by atoms with E-state index in [2.05, 4.69) is 4.74 Å². The molecular formula is C13H16O4. The second-order valence-corrected chi connectivity index (χ2v) is 4.04. The molecule has 1 N–H and O–H groups in total. The van der Waals surface area contributed by atoms with E-state index in [9.17, 15) is 14.7 Å². The van der Waals surface area contributed by atoms with Gasteiger partial charge in [0.1, 0.15) is 5.75 Å². The molecule has 0 aliphatic rings. The summed E-state index contributed by atoms with van der Waals surface area (Å²) in [7, 11) is 1.34. The molecule has 0 fully saturated rings. The van der Waals surface area contributed by atoms with Crippen molar-refractivity contribution in [3.63, 3.8) is 0 Å². The summed E-state index contributed by atoms with van der Waals surface area (Å²) in [5.74, 6) is -0.797. The highest BCUT2D eigenvalue weighted by atomic mass is 16.5. The molecule has 0 aliphatic heterocycles. The van der Waals surface area contributed by atoms with Crippen molar-refractivity contribution in [3.05, 3.63) is 29.3 Å². The first kappa shape index (κ1) is 13.2. The van der Waals surface area contributed by atoms with E-state index >= 15 is 0 Å². The maximum Gasteiger partial charge on any atom is 0.308 e. The van der Waals surface area contributed by atoms with Gasteiger partial charge in [-0.1, -0.05) is 13.0 Å². The average molecular weight is 236 g/mol. The minimum Gasteiger partial charge on any atom is -0.507 e. The van der Waals surface area contributed by atoms with Crippen molar-refractivity contribution in [2.45, 2.75) is 20.3 Å². The number of ether oxygens (including phenoxy) is 1. The normalized spacial score (nSPS) is 11.9. The number of aromatic hydroxyl groups is 1. The van der Waals surface area contributed by atoms with E-state index < -0.39 is 0 Å². The number of benzene rings is 1. The van der Waals surface area contributed by atoms with Crippen LogP contribution in [0.1, 0.15) is 29.8 Å². The van der Waals surface area contributed by atoms with Crippen LogP contribution in [0, 0.1) is 5.92 Å². The highest BCUT2D eigenvalue weighted by molar-refractivity contribution is 5.96. The lowest BCUT2D eigenvalue weighted by Gasteiger charge is -2.10. The second kappa shape index (κ2) is 5.48. The molecule has 1 atom stereocenters. The number of carbonyl (C=O) groups is 2. The Morgan fingerprint density at radius 2 is 2.06 bits per heavy atom. The van der Waals surface area contributed by atoms with Crippen molar-refractivity contribution < 1.29 is 19.4 Å². The zero-order chi connectivity index (χ0) is 13.0. The summed E-state index contributed by atoms with van der Waals surface area (Å²) in [6, 6.07) is 4.77. The number of carbonyl (C=O) groups excluding carboxylic acids is 2. The molecule has 0 unspecified atom stereocenters. The molecule has 0 spiro atoms. The smallest absolute Gasteiger partial charge is 0.308 e. The highest BCUT2D eigenvalue weighted by Gasteiger charge is 2.15. The fraction of sp³-hybridized carbons (Fsp3) is 0.385. The zero-order valence-electron chi connectivity index (χ0n) is 10.2. The van der Waals surface area contributed by atoms with Crippen molar-refractivity contribution in [1.82, 2.24) is 0 Å². The molecule has 0 heterocycles. The summed E-state index contributed by atoms with van der Waals surface area (Å²) in [6.45, 7) is 3.15. The molecule has 0 aliphatic carbocycles. The van der Waals surface area contributed by atoms with E-state index in [1.165, 1.54) is 20.1 Å². The first-order valence-electron chi connectivity index (χ1n) is 5.36. The number of hydrogen-bond acceptors (Lipinski definition) is 4. The minimum atomic E-state index is -0.289. The highest BCUT2D eigenvalue weighted by Crippen LogP contribution is 2.21. The van der Waals surface area contributed by atoms with Gasteiger partial charge in [0.25, 0.3) is 0 Å². The van der Waals surface area contributed by atoms with Gasteiger partial charge in [0, 0.05) is 0 Å². The van der Waals surface area contributed by atoms with Gasteiger partial charge in [-0.3, -0.25) is 9.59 Å². The number of ketones is 1. The molecule has 0 bridgehead atoms. The van der Waals surface area contributed by atoms with Gasteiger partial charge in [-0.25, -0.2) is 0 Å². The van der Waals surface area contributed by atoms with Crippen LogP contribution in [0.4, 0.5) is 0 Å². The molecule has 1 aromatic carbocycles. The standard InChI is InChI=1S/C13H16O4/c1-8(13(16)17-3)6-10-4-5-12(15)11(7-10)9(2)14/h4-5,7-8,15H,6H2,1-3H3/t8-/m0/s1. The Bertz CT molecular complexity index is 437. The Morgan fingerprint density at radius 3 is 2.59 bits per heavy atom. The summed E-state index contributed by atoms with van der Waals surface area (Å²) >= 11 is 0. The lowest BCUT2D eigenvalue weighted by Crippen LogP contribution is -2.15. The van der Waals surface area contributed by atoms with Gasteiger partial charge >= 0.3 is 5.97 Å². The fourth-order valence-electron chi connectivity index (χ4n) is 1.63. The number of phenolic OH excluding ortho intramolecular Hbond substituents is 1. The van der Waals surface area contributed by atoms with E-state index in [1.807, 2.05) is 0 Å². The second-order valence-electron chi connectivity index (χ2n) is 4.04. The Hall–Kier alpha value is -1.84. The molecule has 0 saturated heterocycles. The predicted octanol–water partition coefficient (Wildman–Crippen LogP) is 1.95. The summed E-state index contributed by atoms with van der Waals surface area (Å²) in [4.78, 5) is 22.5. The summed E-state index contributed by atoms with van der Waals surface area (Å²) in [6.07, 6.45) is 0.479. The Morgan fingerprint density at radius 1 is 1.41 bits per heavy atom. The largest absolute Gasteiger partial charge is 0.507 e. The van der Waals surface area contributed by atoms with Crippen LogP contribution in [-0.2, 0) is 16.0 Å². The number of esters is 1. The van der Waals surface area contributed by atoms with Gasteiger partial charge < -0.3 is 9.84 Å². The molecular weight excluding hydrogens is 220 g/mol. The van der Waals surface area contributed by atoms with Crippen LogP contribution in [0.5, 0.6) is 5.75 Å². The van der Waals surface area contributed by atoms with Gasteiger partial charge in [-0.2, -0.15) is 0 Å². The van der Waals surface area contributed by atoms with Crippen LogP contribution >= 0.6 is 0 Å². The summed E-state index contributed by atoms with van der Waals surface area (Å²) in [5.41, 5.74) is 1.10. The van der Waals surface area contributed by atoms with Crippen LogP contribution in [0.25, 0.3) is 0 Å². The predicted molar refractivity (Wildman–Crippen MR) is 63.0 cm³/mol. The lowest BCUT2D eigenvalue weighted by atomic mass is 9.98. The summed E-state index contributed by atoms with van der Waals surface area (Å²) < 4.78 is 4.63. The van der Waals surface area contributed by atoms with Gasteiger partial charge in [0.05, 0.1) is 18.6 Å². The summed E-state index contributed by atoms with van der Waals surface area (Å²) in [5, 5.41) is 9.48. The van der Waals surface area contributed by atoms with E-state index in [4.69, 9.17) is 0 Å². The topological polar surface area (TPSA) is 63.6 Å². The molecule has 92 valence electrons. The minimum absolute atomic E-state index is 0.0352. The molecule has 1 rings (SSSR count). The average Bonchev–Trinajstić information content (AvgIpc) is 2.30. The number of rotatable bonds is 4. The third-order valence-corrected chi connectivity index (χ3v) is 2.59. The molecule has 4 heteroatoms. The molecule has 0 radical (unpaired) electrons. The van der Waals surface area contributed by atoms with Crippen molar-refractivity contribution >= 4 is 11.8 Å². The molecule has 4 nitrogen and oxygen atoms in total. The monoisotopic (exact) mass is 236 g/mol. The van der Waals surface area contributed by atoms with Crippen molar-refractivity contribution in [3.8, 4) is 5.75 Å². The van der Waals surface area contributed by atoms with Crippen LogP contribution in [0.2, 0.25) is 0 Å². The fourth-order valence-corrected chi connectivity index (χ4v) is 1.63. The first-order valence-corrected chi connectivity index (χ1v) is 5.36. The Labute approximate surface area is 100 Å². The van der Waals surface area contributed by atoms with Gasteiger partial charge in [-0.05, 0) is 31.0 Å². The number of phenols is 1. The van der Waals surface area contributed by atoms with E-state index in [1.54, 1.807) is 19.1 Å². The van der Waals surface area contributed by atoms with Crippen LogP contribution in [0.15, 0.2) is 18.2 Å². The van der Waals surface area contributed by atoms with Crippen molar-refractivity contribution in [2.24, 2.45) is 5.92 Å². The maximum atomic E-state index is 11.3. The number of hydrogen-bond donors (Lipinski definition) is 1. The van der Waals surface area contributed by atoms with Crippen LogP contribution < -0.4 is 0 Å². The molecule has 0 aromatic heterocycles. The Kier molecular flexibility index (Phi) is 4.26. The maximum absolute atomic E-state index is 11.3. The third kappa shape index (κ3) is 3.31. The lowest BCUT2D eigenvalue weighted by molar-refractivity contribution is -0.144. The van der Waals surface area contributed by atoms with Crippen molar-refractivity contribution in [2.75, 3.05) is 7.11 Å². The van der Waals surface area contributed by atoms with Crippen LogP contribution in [-0.4, -0.2) is 24.0 Å². The molecule has 0 saturated carbocycles. The van der Waals surface area contributed by atoms with Crippen LogP contribution in [0.3, 0.4) is 0 Å². The van der Waals surface area contributed by atoms with Gasteiger partial charge in [0.15, 0.2) is 5.78 Å². The first-order chi connectivity index (χ1) is 7.95. The Balaban J connectivity index is 2.90. The zero-order valence-corrected chi connectivity index (χ0v) is 10.2. The van der Waals surface area contributed by atoms with E-state index in [-0.39, 0.29) is 29.0 Å². The quantitative estimate of drug-likeness (QED) is 0.641. The van der Waals surface area contributed by atoms with Gasteiger partial charge in [0.2, 0.25) is 0 Å². The SMILES string of the molecule is COC(=O)[C@@H](C)Cc1ccc(O)c(C(C)=O)c1. The molecule has 17 heavy (non-hydrogen) atoms. The molecule has 0 amide bonds. The third-order valence-electron chi connectivity index (χ3n) is 2.59. The van der Waals surface area contributed by atoms with Crippen molar-refractivity contribution in [1.29, 1.82) is 0 Å². The van der Waals surface area contributed by atoms with Gasteiger partial charge in [-0.15, -0.1) is 0 Å². The number of Topliss-reactive ketones (excluding diaryl/α,β-unsaturated/α-hetero) is 1. The van der Waals surface area contributed by atoms with E-state index in [0.717, 1.165) is 5.56 Å². The van der Waals surface area contributed by atoms with E-state index in [0.29, 0.717) is 6.42 Å². The molecule has 1 aromatic rings. The number of methoxy groups -OCH3 is 1.